The molecule has 0 bridgehead atoms. The number of pyridine rings is 1. The summed E-state index contributed by atoms with van der Waals surface area (Å²) in [7, 11) is 0. The highest BCUT2D eigenvalue weighted by molar-refractivity contribution is 5.28. The van der Waals surface area contributed by atoms with Crippen molar-refractivity contribution in [1.82, 2.24) is 20.1 Å². The Hall–Kier alpha value is -1.68. The molecule has 0 fully saturated rings. The second-order valence-corrected chi connectivity index (χ2v) is 5.31. The van der Waals surface area contributed by atoms with Crippen molar-refractivity contribution in [1.29, 1.82) is 0 Å². The summed E-state index contributed by atoms with van der Waals surface area (Å²) in [5.41, 5.74) is 3.53. The molecule has 4 heteroatoms. The Kier molecular flexibility index (Phi) is 4.90. The largest absolute Gasteiger partial charge is 0.310 e. The molecule has 0 aliphatic heterocycles. The van der Waals surface area contributed by atoms with Crippen LogP contribution in [0.4, 0.5) is 0 Å². The number of rotatable bonds is 6. The maximum Gasteiger partial charge on any atom is 0.153 e. The van der Waals surface area contributed by atoms with Crippen LogP contribution in [0.1, 0.15) is 44.6 Å². The summed E-state index contributed by atoms with van der Waals surface area (Å²) in [4.78, 5) is 4.54. The van der Waals surface area contributed by atoms with E-state index in [0.717, 1.165) is 30.9 Å². The van der Waals surface area contributed by atoms with Gasteiger partial charge in [0.25, 0.3) is 0 Å². The van der Waals surface area contributed by atoms with Crippen LogP contribution in [0.5, 0.6) is 0 Å². The van der Waals surface area contributed by atoms with Crippen LogP contribution in [-0.4, -0.2) is 20.8 Å². The molecular formula is C16H24N4. The molecular weight excluding hydrogens is 248 g/mol. The van der Waals surface area contributed by atoms with Gasteiger partial charge in [0.1, 0.15) is 0 Å². The van der Waals surface area contributed by atoms with Crippen molar-refractivity contribution in [3.05, 3.63) is 41.3 Å². The summed E-state index contributed by atoms with van der Waals surface area (Å²) in [6.07, 6.45) is 3.85. The molecule has 20 heavy (non-hydrogen) atoms. The highest BCUT2D eigenvalue weighted by atomic mass is 15.3. The highest BCUT2D eigenvalue weighted by Crippen LogP contribution is 2.12. The normalized spacial score (nSPS) is 11.2. The van der Waals surface area contributed by atoms with Gasteiger partial charge in [-0.05, 0) is 30.5 Å². The lowest BCUT2D eigenvalue weighted by atomic mass is 10.2. The Morgan fingerprint density at radius 3 is 2.55 bits per heavy atom. The monoisotopic (exact) mass is 272 g/mol. The molecule has 2 aromatic heterocycles. The van der Waals surface area contributed by atoms with Crippen LogP contribution in [0.3, 0.4) is 0 Å². The summed E-state index contributed by atoms with van der Waals surface area (Å²) in [6, 6.07) is 6.81. The topological polar surface area (TPSA) is 42.7 Å². The lowest BCUT2D eigenvalue weighted by Gasteiger charge is -2.09. The summed E-state index contributed by atoms with van der Waals surface area (Å²) in [5.74, 6) is 0.898. The molecule has 0 atom stereocenters. The molecule has 108 valence electrons. The van der Waals surface area contributed by atoms with E-state index in [4.69, 9.17) is 0 Å². The van der Waals surface area contributed by atoms with Crippen molar-refractivity contribution in [3.8, 4) is 5.82 Å². The average molecular weight is 272 g/mol. The zero-order valence-corrected chi connectivity index (χ0v) is 12.8. The molecule has 0 unspecified atom stereocenters. The minimum Gasteiger partial charge on any atom is -0.310 e. The van der Waals surface area contributed by atoms with Gasteiger partial charge in [0, 0.05) is 24.5 Å². The van der Waals surface area contributed by atoms with Crippen molar-refractivity contribution < 1.29 is 0 Å². The van der Waals surface area contributed by atoms with Gasteiger partial charge in [0.15, 0.2) is 5.82 Å². The molecule has 0 radical (unpaired) electrons. The second-order valence-electron chi connectivity index (χ2n) is 5.31. The van der Waals surface area contributed by atoms with Gasteiger partial charge in [-0.25, -0.2) is 9.67 Å². The van der Waals surface area contributed by atoms with E-state index in [1.165, 1.54) is 11.3 Å². The van der Waals surface area contributed by atoms with E-state index in [2.05, 4.69) is 55.2 Å². The van der Waals surface area contributed by atoms with E-state index in [9.17, 15) is 0 Å². The third-order valence-electron chi connectivity index (χ3n) is 3.30. The SMILES string of the molecule is CCc1cc(CC)n(-c2ccc(CNC(C)C)cn2)n1. The fourth-order valence-corrected chi connectivity index (χ4v) is 2.07. The fourth-order valence-electron chi connectivity index (χ4n) is 2.07. The third kappa shape index (κ3) is 3.45. The number of aryl methyl sites for hydroxylation is 2. The van der Waals surface area contributed by atoms with Crippen LogP contribution in [0.15, 0.2) is 24.4 Å². The van der Waals surface area contributed by atoms with Gasteiger partial charge in [-0.1, -0.05) is 33.8 Å². The second kappa shape index (κ2) is 6.66. The van der Waals surface area contributed by atoms with E-state index in [1.54, 1.807) is 0 Å². The Labute approximate surface area is 121 Å². The predicted molar refractivity (Wildman–Crippen MR) is 82.1 cm³/mol. The molecule has 0 saturated heterocycles. The first kappa shape index (κ1) is 14.7. The number of hydrogen-bond donors (Lipinski definition) is 1. The van der Waals surface area contributed by atoms with Crippen molar-refractivity contribution in [2.75, 3.05) is 0 Å². The van der Waals surface area contributed by atoms with E-state index in [-0.39, 0.29) is 0 Å². The third-order valence-corrected chi connectivity index (χ3v) is 3.30. The molecule has 1 N–H and O–H groups in total. The van der Waals surface area contributed by atoms with Crippen LogP contribution in [0.25, 0.3) is 5.82 Å². The first-order valence-electron chi connectivity index (χ1n) is 7.40. The number of nitrogens with one attached hydrogen (secondary N) is 1. The summed E-state index contributed by atoms with van der Waals surface area (Å²) in [5, 5.41) is 8.01. The zero-order chi connectivity index (χ0) is 14.5. The van der Waals surface area contributed by atoms with Crippen molar-refractivity contribution in [3.63, 3.8) is 0 Å². The van der Waals surface area contributed by atoms with Crippen molar-refractivity contribution in [2.24, 2.45) is 0 Å². The molecule has 0 aliphatic carbocycles. The predicted octanol–water partition coefficient (Wildman–Crippen LogP) is 2.89. The molecule has 2 aromatic rings. The van der Waals surface area contributed by atoms with Crippen LogP contribution in [0.2, 0.25) is 0 Å². The van der Waals surface area contributed by atoms with E-state index in [0.29, 0.717) is 6.04 Å². The summed E-state index contributed by atoms with van der Waals surface area (Å²) < 4.78 is 1.96. The summed E-state index contributed by atoms with van der Waals surface area (Å²) >= 11 is 0. The molecule has 2 heterocycles. The Morgan fingerprint density at radius 2 is 2.00 bits per heavy atom. The van der Waals surface area contributed by atoms with Crippen LogP contribution in [-0.2, 0) is 19.4 Å². The number of nitrogens with zero attached hydrogens (tertiary/aromatic N) is 3. The minimum atomic E-state index is 0.486. The minimum absolute atomic E-state index is 0.486. The van der Waals surface area contributed by atoms with Crippen LogP contribution in [0, 0.1) is 0 Å². The lowest BCUT2D eigenvalue weighted by molar-refractivity contribution is 0.587. The van der Waals surface area contributed by atoms with Gasteiger partial charge < -0.3 is 5.32 Å². The quantitative estimate of drug-likeness (QED) is 0.879. The van der Waals surface area contributed by atoms with Gasteiger partial charge >= 0.3 is 0 Å². The number of aromatic nitrogens is 3. The maximum atomic E-state index is 4.61. The Morgan fingerprint density at radius 1 is 1.20 bits per heavy atom. The highest BCUT2D eigenvalue weighted by Gasteiger charge is 2.08. The molecule has 4 nitrogen and oxygen atoms in total. The Bertz CT molecular complexity index is 540. The van der Waals surface area contributed by atoms with Gasteiger partial charge in [-0.15, -0.1) is 0 Å². The van der Waals surface area contributed by atoms with Gasteiger partial charge in [0.2, 0.25) is 0 Å². The molecule has 0 amide bonds. The van der Waals surface area contributed by atoms with E-state index < -0.39 is 0 Å². The van der Waals surface area contributed by atoms with Gasteiger partial charge in [0.05, 0.1) is 5.69 Å². The molecule has 0 aromatic carbocycles. The van der Waals surface area contributed by atoms with Gasteiger partial charge in [-0.2, -0.15) is 5.10 Å². The van der Waals surface area contributed by atoms with E-state index >= 15 is 0 Å². The van der Waals surface area contributed by atoms with Crippen LogP contribution >= 0.6 is 0 Å². The molecule has 0 aliphatic rings. The first-order valence-corrected chi connectivity index (χ1v) is 7.40. The maximum absolute atomic E-state index is 4.61. The molecule has 0 spiro atoms. The molecule has 2 rings (SSSR count). The zero-order valence-electron chi connectivity index (χ0n) is 12.8. The lowest BCUT2D eigenvalue weighted by Crippen LogP contribution is -2.21. The van der Waals surface area contributed by atoms with Gasteiger partial charge in [-0.3, -0.25) is 0 Å². The number of hydrogen-bond acceptors (Lipinski definition) is 3. The molecule has 0 saturated carbocycles. The Balaban J connectivity index is 2.19. The fraction of sp³-hybridized carbons (Fsp3) is 0.500. The van der Waals surface area contributed by atoms with Crippen LogP contribution < -0.4 is 5.32 Å². The summed E-state index contributed by atoms with van der Waals surface area (Å²) in [6.45, 7) is 9.41. The standard InChI is InChI=1S/C16H24N4/c1-5-14-9-15(6-2)20(19-14)16-8-7-13(11-18-16)10-17-12(3)4/h7-9,11-12,17H,5-6,10H2,1-4H3. The van der Waals surface area contributed by atoms with Crippen molar-refractivity contribution in [2.45, 2.75) is 53.1 Å². The average Bonchev–Trinajstić information content (AvgIpc) is 2.89. The van der Waals surface area contributed by atoms with Crippen molar-refractivity contribution >= 4 is 0 Å². The van der Waals surface area contributed by atoms with E-state index in [1.807, 2.05) is 16.9 Å². The smallest absolute Gasteiger partial charge is 0.153 e. The first-order chi connectivity index (χ1) is 9.63.